The predicted molar refractivity (Wildman–Crippen MR) is 330 cm³/mol. The van der Waals surface area contributed by atoms with E-state index in [1.807, 2.05) is 63.3 Å². The number of allylic oxidation sites excluding steroid dienone is 1. The van der Waals surface area contributed by atoms with E-state index in [0.29, 0.717) is 77.7 Å². The van der Waals surface area contributed by atoms with Crippen LogP contribution in [-0.2, 0) is 58.9 Å². The van der Waals surface area contributed by atoms with Crippen LogP contribution >= 0.6 is 0 Å². The number of anilines is 3. The zero-order valence-electron chi connectivity index (χ0n) is 51.8. The summed E-state index contributed by atoms with van der Waals surface area (Å²) in [7, 11) is 0.625. The molecule has 0 aliphatic carbocycles. The number of ether oxygens (including phenoxy) is 8. The first-order valence-electron chi connectivity index (χ1n) is 29.6. The van der Waals surface area contributed by atoms with Gasteiger partial charge in [-0.25, -0.2) is 9.78 Å². The molecule has 470 valence electrons. The van der Waals surface area contributed by atoms with Gasteiger partial charge in [-0.2, -0.15) is 10.2 Å². The van der Waals surface area contributed by atoms with E-state index in [4.69, 9.17) is 64.5 Å². The number of rotatable bonds is 29. The molecular formula is C62H85N11O13Si. The molecule has 3 aromatic carbocycles. The van der Waals surface area contributed by atoms with Crippen LogP contribution in [0.1, 0.15) is 131 Å². The molecule has 2 fully saturated rings. The standard InChI is InChI=1S/C62H85N11O13Si/c1-12-72-50(58(77)80-13-2)42(38(4)70-72)25-18-15-20-28-73-45(31-37(3)69-73)57(76)68-61-67-44-33-41(56(65)75)35-47(78-8)51(44)71(61)27-21-19-26-66-49-43(63)32-40(55(64)74)34-46(49)81-29-22-30-82-54-53(86-87(10,11)62(5,6)7)52-48(84-60(54)79-9)36-83-59(85-52)39-23-16-14-17-24-39/h14,16-17,19,21,23-24,31-35,48,52-54,59-60,66H,12-13,15,18,20,22,25-30,36,63H2,1-11H3,(H2,64,74)(H2,65,75)(H,67,68,76)/b21-19+/t48-,52-,53?,54-,59?,60+/m1/s1. The van der Waals surface area contributed by atoms with Gasteiger partial charge in [-0.3, -0.25) is 29.1 Å². The molecule has 2 saturated heterocycles. The minimum Gasteiger partial charge on any atom is -0.494 e. The Morgan fingerprint density at radius 3 is 2.29 bits per heavy atom. The number of nitrogen functional groups attached to an aromatic ring is 1. The molecule has 24 nitrogen and oxygen atoms in total. The number of nitrogens with zero attached hydrogens (tertiary/aromatic N) is 6. The van der Waals surface area contributed by atoms with Crippen LogP contribution in [-0.4, -0.2) is 139 Å². The molecule has 0 bridgehead atoms. The second-order valence-corrected chi connectivity index (χ2v) is 27.8. The van der Waals surface area contributed by atoms with Crippen molar-refractivity contribution in [2.24, 2.45) is 11.5 Å². The highest BCUT2D eigenvalue weighted by atomic mass is 28.4. The van der Waals surface area contributed by atoms with Crippen LogP contribution in [0.3, 0.4) is 0 Å². The number of carbonyl (C=O) groups excluding carboxylic acids is 4. The van der Waals surface area contributed by atoms with E-state index in [0.717, 1.165) is 29.7 Å². The Hall–Kier alpha value is -7.65. The lowest BCUT2D eigenvalue weighted by molar-refractivity contribution is -0.360. The second kappa shape index (κ2) is 28.9. The lowest BCUT2D eigenvalue weighted by Crippen LogP contribution is -2.66. The van der Waals surface area contributed by atoms with Gasteiger partial charge >= 0.3 is 5.97 Å². The Morgan fingerprint density at radius 1 is 0.862 bits per heavy atom. The molecule has 6 aromatic rings. The molecule has 0 saturated carbocycles. The number of aryl methyl sites for hydroxylation is 4. The average molecular weight is 1220 g/mol. The fourth-order valence-corrected chi connectivity index (χ4v) is 11.8. The van der Waals surface area contributed by atoms with Crippen molar-refractivity contribution in [1.82, 2.24) is 29.1 Å². The Bertz CT molecular complexity index is 3410. The van der Waals surface area contributed by atoms with E-state index in [2.05, 4.69) is 54.7 Å². The quantitative estimate of drug-likeness (QED) is 0.00967. The van der Waals surface area contributed by atoms with Gasteiger partial charge in [-0.1, -0.05) is 69.7 Å². The molecule has 2 unspecified atom stereocenters. The molecular weight excluding hydrogens is 1130 g/mol. The first-order chi connectivity index (χ1) is 41.6. The van der Waals surface area contributed by atoms with Gasteiger partial charge in [0, 0.05) is 62.0 Å². The third kappa shape index (κ3) is 15.4. The molecule has 8 N–H and O–H groups in total. The zero-order valence-corrected chi connectivity index (χ0v) is 52.8. The van der Waals surface area contributed by atoms with Crippen molar-refractivity contribution >= 4 is 60.4 Å². The molecule has 3 aromatic heterocycles. The Morgan fingerprint density at radius 2 is 1.60 bits per heavy atom. The van der Waals surface area contributed by atoms with Gasteiger partial charge in [0.25, 0.3) is 5.91 Å². The number of fused-ring (bicyclic) bond motifs is 2. The van der Waals surface area contributed by atoms with E-state index in [-0.39, 0.29) is 73.3 Å². The van der Waals surface area contributed by atoms with Crippen LogP contribution in [0.4, 0.5) is 17.3 Å². The predicted octanol–water partition coefficient (Wildman–Crippen LogP) is 8.39. The number of benzene rings is 3. The lowest BCUT2D eigenvalue weighted by atomic mass is 9.97. The molecule has 0 radical (unpaired) electrons. The first-order valence-corrected chi connectivity index (χ1v) is 32.5. The van der Waals surface area contributed by atoms with E-state index in [9.17, 15) is 19.2 Å². The van der Waals surface area contributed by atoms with E-state index >= 15 is 0 Å². The third-order valence-corrected chi connectivity index (χ3v) is 20.4. The van der Waals surface area contributed by atoms with Gasteiger partial charge in [-0.15, -0.1) is 0 Å². The number of imidazole rings is 1. The van der Waals surface area contributed by atoms with Crippen molar-refractivity contribution in [3.8, 4) is 11.5 Å². The summed E-state index contributed by atoms with van der Waals surface area (Å²) < 4.78 is 61.5. The molecule has 2 aliphatic rings. The summed E-state index contributed by atoms with van der Waals surface area (Å²) in [5, 5.41) is 15.4. The summed E-state index contributed by atoms with van der Waals surface area (Å²) in [5.74, 6) is -1.41. The summed E-state index contributed by atoms with van der Waals surface area (Å²) in [5.41, 5.74) is 23.9. The smallest absolute Gasteiger partial charge is 0.356 e. The summed E-state index contributed by atoms with van der Waals surface area (Å²) in [4.78, 5) is 56.8. The number of amides is 3. The number of nitrogens with two attached hydrogens (primary N) is 3. The fourth-order valence-electron chi connectivity index (χ4n) is 10.5. The number of nitrogens with one attached hydrogen (secondary N) is 2. The molecule has 0 spiro atoms. The maximum atomic E-state index is 14.3. The lowest BCUT2D eigenvalue weighted by Gasteiger charge is -2.51. The highest BCUT2D eigenvalue weighted by Crippen LogP contribution is 2.43. The van der Waals surface area contributed by atoms with Crippen molar-refractivity contribution < 1.29 is 61.5 Å². The van der Waals surface area contributed by atoms with Crippen LogP contribution < -0.4 is 37.3 Å². The highest BCUT2D eigenvalue weighted by molar-refractivity contribution is 6.74. The number of aromatic nitrogens is 6. The number of hydrogen-bond acceptors (Lipinski definition) is 18. The number of primary amides is 2. The fraction of sp³-hybridized carbons (Fsp3) is 0.500. The summed E-state index contributed by atoms with van der Waals surface area (Å²) in [6.45, 7) is 20.7. The van der Waals surface area contributed by atoms with Gasteiger partial charge in [-0.05, 0) is 95.4 Å². The monoisotopic (exact) mass is 1220 g/mol. The van der Waals surface area contributed by atoms with Crippen LogP contribution in [0.25, 0.3) is 11.0 Å². The normalized spacial score (nSPS) is 18.8. The number of unbranched alkanes of at least 4 members (excludes halogenated alkanes) is 2. The molecule has 8 rings (SSSR count). The maximum absolute atomic E-state index is 14.3. The van der Waals surface area contributed by atoms with Crippen LogP contribution in [0.15, 0.2) is 72.8 Å². The van der Waals surface area contributed by atoms with Gasteiger partial charge in [0.05, 0.1) is 56.1 Å². The first kappa shape index (κ1) is 65.3. The molecule has 3 amide bonds. The molecule has 2 aliphatic heterocycles. The van der Waals surface area contributed by atoms with Crippen molar-refractivity contribution in [3.63, 3.8) is 0 Å². The van der Waals surface area contributed by atoms with Gasteiger partial charge in [0.2, 0.25) is 17.8 Å². The van der Waals surface area contributed by atoms with Gasteiger partial charge in [0.15, 0.2) is 20.9 Å². The zero-order chi connectivity index (χ0) is 62.7. The second-order valence-electron chi connectivity index (χ2n) is 23.1. The van der Waals surface area contributed by atoms with Crippen LogP contribution in [0, 0.1) is 13.8 Å². The largest absolute Gasteiger partial charge is 0.494 e. The van der Waals surface area contributed by atoms with Crippen molar-refractivity contribution in [1.29, 1.82) is 0 Å². The summed E-state index contributed by atoms with van der Waals surface area (Å²) >= 11 is 0. The van der Waals surface area contributed by atoms with Crippen LogP contribution in [0.5, 0.6) is 11.5 Å². The Balaban J connectivity index is 0.933. The van der Waals surface area contributed by atoms with Gasteiger partial charge < -0.3 is 69.4 Å². The average Bonchev–Trinajstić information content (AvgIpc) is 2.90. The molecule has 25 heteroatoms. The Labute approximate surface area is 508 Å². The maximum Gasteiger partial charge on any atom is 0.356 e. The number of carbonyl (C=O) groups is 4. The number of esters is 1. The number of hydrogen-bond donors (Lipinski definition) is 5. The molecule has 87 heavy (non-hydrogen) atoms. The highest BCUT2D eigenvalue weighted by Gasteiger charge is 2.54. The van der Waals surface area contributed by atoms with Crippen molar-refractivity contribution in [3.05, 3.63) is 118 Å². The summed E-state index contributed by atoms with van der Waals surface area (Å²) in [6.07, 6.45) is 3.41. The van der Waals surface area contributed by atoms with E-state index in [1.54, 1.807) is 46.2 Å². The van der Waals surface area contributed by atoms with Crippen molar-refractivity contribution in [2.75, 3.05) is 63.6 Å². The Kier molecular flexibility index (Phi) is 21.7. The minimum absolute atomic E-state index is 0.127. The number of methoxy groups -OCH3 is 2. The SMILES string of the molecule is CCOC(=O)c1c(CCCCCn2nc(C)cc2C(=O)Nc2nc3cc(C(N)=O)cc(OC)c3n2C/C=C/CNc2c(N)cc(C(N)=O)cc2OCCCO[C@@H]2C(O[Si](C)(C)C(C)(C)C)[C@@H]3OC(c4ccccc4)OC[C@H]3O[C@@H]2OC)c(C)nn1CC. The van der Waals surface area contributed by atoms with E-state index in [1.165, 1.54) is 19.2 Å². The minimum atomic E-state index is -2.42. The summed E-state index contributed by atoms with van der Waals surface area (Å²) in [6, 6.07) is 17.6. The topological polar surface area (TPSA) is 307 Å². The third-order valence-electron chi connectivity index (χ3n) is 15.9. The van der Waals surface area contributed by atoms with Crippen LogP contribution in [0.2, 0.25) is 18.1 Å². The molecule has 5 heterocycles. The van der Waals surface area contributed by atoms with Gasteiger partial charge in [0.1, 0.15) is 58.5 Å². The van der Waals surface area contributed by atoms with Crippen molar-refractivity contribution in [2.45, 2.75) is 155 Å². The van der Waals surface area contributed by atoms with E-state index < -0.39 is 63.0 Å². The molecule has 6 atom stereocenters.